The van der Waals surface area contributed by atoms with Gasteiger partial charge in [-0.2, -0.15) is 0 Å². The Balaban J connectivity index is 2.38. The third-order valence-electron chi connectivity index (χ3n) is 3.44. The van der Waals surface area contributed by atoms with E-state index in [4.69, 9.17) is 23.1 Å². The lowest BCUT2D eigenvalue weighted by Crippen LogP contribution is -2.43. The number of benzene rings is 1. The topological polar surface area (TPSA) is 49.5 Å². The van der Waals surface area contributed by atoms with E-state index in [9.17, 15) is 8.78 Å². The van der Waals surface area contributed by atoms with Crippen LogP contribution in [0.5, 0.6) is 0 Å². The molecule has 6 heteroatoms. The Bertz CT molecular complexity index is 469. The van der Waals surface area contributed by atoms with Gasteiger partial charge in [-0.05, 0) is 31.4 Å². The average molecular weight is 286 g/mol. The maximum absolute atomic E-state index is 14.1. The van der Waals surface area contributed by atoms with E-state index in [0.29, 0.717) is 0 Å². The van der Waals surface area contributed by atoms with Crippen LogP contribution in [0.3, 0.4) is 0 Å². The zero-order valence-electron chi connectivity index (χ0n) is 10.4. The maximum atomic E-state index is 14.1. The SMILES string of the molecule is NC(=S)c1cc(F)c(N(CCO)C2CCC2)c(F)c1. The van der Waals surface area contributed by atoms with E-state index < -0.39 is 11.6 Å². The van der Waals surface area contributed by atoms with Gasteiger partial charge in [-0.1, -0.05) is 12.2 Å². The Morgan fingerprint density at radius 3 is 2.32 bits per heavy atom. The molecule has 0 unspecified atom stereocenters. The molecule has 19 heavy (non-hydrogen) atoms. The highest BCUT2D eigenvalue weighted by Crippen LogP contribution is 2.33. The van der Waals surface area contributed by atoms with Crippen LogP contribution in [0.15, 0.2) is 12.1 Å². The first kappa shape index (κ1) is 14.1. The average Bonchev–Trinajstić information content (AvgIpc) is 2.25. The van der Waals surface area contributed by atoms with Crippen LogP contribution in [0.25, 0.3) is 0 Å². The first-order valence-electron chi connectivity index (χ1n) is 6.21. The van der Waals surface area contributed by atoms with Crippen molar-refractivity contribution in [3.05, 3.63) is 29.3 Å². The fourth-order valence-electron chi connectivity index (χ4n) is 2.27. The molecule has 0 bridgehead atoms. The predicted octanol–water partition coefficient (Wildman–Crippen LogP) is 1.95. The van der Waals surface area contributed by atoms with Gasteiger partial charge in [0.2, 0.25) is 0 Å². The number of halogens is 2. The van der Waals surface area contributed by atoms with Crippen LogP contribution in [0, 0.1) is 11.6 Å². The number of aliphatic hydroxyl groups excluding tert-OH is 1. The summed E-state index contributed by atoms with van der Waals surface area (Å²) in [7, 11) is 0. The van der Waals surface area contributed by atoms with Crippen LogP contribution < -0.4 is 10.6 Å². The Labute approximate surface area is 116 Å². The number of aliphatic hydroxyl groups is 1. The number of hydrogen-bond acceptors (Lipinski definition) is 3. The van der Waals surface area contributed by atoms with Crippen molar-refractivity contribution in [1.82, 2.24) is 0 Å². The van der Waals surface area contributed by atoms with Gasteiger partial charge < -0.3 is 15.7 Å². The largest absolute Gasteiger partial charge is 0.395 e. The van der Waals surface area contributed by atoms with Crippen molar-refractivity contribution in [3.63, 3.8) is 0 Å². The molecule has 0 atom stereocenters. The maximum Gasteiger partial charge on any atom is 0.150 e. The molecule has 0 amide bonds. The minimum Gasteiger partial charge on any atom is -0.395 e. The zero-order valence-corrected chi connectivity index (χ0v) is 11.2. The van der Waals surface area contributed by atoms with Crippen LogP contribution >= 0.6 is 12.2 Å². The Kier molecular flexibility index (Phi) is 4.31. The van der Waals surface area contributed by atoms with Crippen molar-refractivity contribution in [2.24, 2.45) is 5.73 Å². The molecule has 1 aromatic carbocycles. The van der Waals surface area contributed by atoms with Gasteiger partial charge in [-0.15, -0.1) is 0 Å². The molecular formula is C13H16F2N2OS. The number of nitrogens with zero attached hydrogens (tertiary/aromatic N) is 1. The Hall–Kier alpha value is -1.27. The highest BCUT2D eigenvalue weighted by atomic mass is 32.1. The molecule has 0 spiro atoms. The van der Waals surface area contributed by atoms with Crippen molar-refractivity contribution >= 4 is 22.9 Å². The van der Waals surface area contributed by atoms with E-state index >= 15 is 0 Å². The molecule has 0 saturated heterocycles. The number of rotatable bonds is 5. The molecule has 1 fully saturated rings. The Morgan fingerprint density at radius 1 is 1.37 bits per heavy atom. The molecule has 3 nitrogen and oxygen atoms in total. The highest BCUT2D eigenvalue weighted by molar-refractivity contribution is 7.80. The lowest BCUT2D eigenvalue weighted by atomic mass is 9.91. The quantitative estimate of drug-likeness (QED) is 0.812. The zero-order chi connectivity index (χ0) is 14.0. The number of nitrogens with two attached hydrogens (primary N) is 1. The van der Waals surface area contributed by atoms with E-state index in [-0.39, 0.29) is 35.4 Å². The third kappa shape index (κ3) is 2.84. The molecule has 2 rings (SSSR count). The summed E-state index contributed by atoms with van der Waals surface area (Å²) in [5.74, 6) is -1.38. The minimum absolute atomic E-state index is 0.0401. The van der Waals surface area contributed by atoms with Crippen LogP contribution in [0.1, 0.15) is 24.8 Å². The second-order valence-electron chi connectivity index (χ2n) is 4.65. The summed E-state index contributed by atoms with van der Waals surface area (Å²) in [6.45, 7) is 0.0668. The second-order valence-corrected chi connectivity index (χ2v) is 5.09. The van der Waals surface area contributed by atoms with E-state index in [0.717, 1.165) is 31.4 Å². The summed E-state index contributed by atoms with van der Waals surface area (Å²) in [4.78, 5) is 1.55. The van der Waals surface area contributed by atoms with Crippen LogP contribution in [-0.4, -0.2) is 29.3 Å². The minimum atomic E-state index is -0.692. The van der Waals surface area contributed by atoms with E-state index in [1.165, 1.54) is 0 Å². The molecule has 104 valence electrons. The molecule has 1 saturated carbocycles. The highest BCUT2D eigenvalue weighted by Gasteiger charge is 2.29. The van der Waals surface area contributed by atoms with Gasteiger partial charge in [0.05, 0.1) is 6.61 Å². The van der Waals surface area contributed by atoms with Crippen molar-refractivity contribution in [3.8, 4) is 0 Å². The number of thiocarbonyl (C=S) groups is 1. The van der Waals surface area contributed by atoms with Gasteiger partial charge in [0.15, 0.2) is 0 Å². The molecule has 1 aromatic rings. The molecular weight excluding hydrogens is 270 g/mol. The number of hydrogen-bond donors (Lipinski definition) is 2. The lowest BCUT2D eigenvalue weighted by Gasteiger charge is -2.39. The molecule has 1 aliphatic rings. The summed E-state index contributed by atoms with van der Waals surface area (Å²) in [5, 5.41) is 9.06. The van der Waals surface area contributed by atoms with Crippen molar-refractivity contribution in [2.75, 3.05) is 18.1 Å². The molecule has 0 aromatic heterocycles. The van der Waals surface area contributed by atoms with Gasteiger partial charge in [0, 0.05) is 18.2 Å². The summed E-state index contributed by atoms with van der Waals surface area (Å²) in [6, 6.07) is 2.37. The van der Waals surface area contributed by atoms with Crippen LogP contribution in [-0.2, 0) is 0 Å². The van der Waals surface area contributed by atoms with Crippen molar-refractivity contribution in [1.29, 1.82) is 0 Å². The molecule has 1 aliphatic carbocycles. The molecule has 0 aliphatic heterocycles. The van der Waals surface area contributed by atoms with E-state index in [2.05, 4.69) is 0 Å². The van der Waals surface area contributed by atoms with Crippen LogP contribution in [0.4, 0.5) is 14.5 Å². The second kappa shape index (κ2) is 5.79. The van der Waals surface area contributed by atoms with Crippen LogP contribution in [0.2, 0.25) is 0 Å². The molecule has 0 radical (unpaired) electrons. The van der Waals surface area contributed by atoms with Gasteiger partial charge in [0.1, 0.15) is 22.3 Å². The lowest BCUT2D eigenvalue weighted by molar-refractivity contribution is 0.281. The smallest absolute Gasteiger partial charge is 0.150 e. The molecule has 3 N–H and O–H groups in total. The van der Waals surface area contributed by atoms with Gasteiger partial charge in [0.25, 0.3) is 0 Å². The van der Waals surface area contributed by atoms with Crippen molar-refractivity contribution < 1.29 is 13.9 Å². The summed E-state index contributed by atoms with van der Waals surface area (Å²) < 4.78 is 28.2. The predicted molar refractivity (Wildman–Crippen MR) is 74.3 cm³/mol. The first-order chi connectivity index (χ1) is 9.04. The summed E-state index contributed by atoms with van der Waals surface area (Å²) in [5.41, 5.74) is 5.45. The standard InChI is InChI=1S/C13H16F2N2OS/c14-10-6-8(13(16)19)7-11(15)12(10)17(4-5-18)9-2-1-3-9/h6-7,9,18H,1-5H2,(H2,16,19). The fraction of sp³-hybridized carbons (Fsp3) is 0.462. The number of anilines is 1. The fourth-order valence-corrected chi connectivity index (χ4v) is 2.38. The van der Waals surface area contributed by atoms with Crippen molar-refractivity contribution in [2.45, 2.75) is 25.3 Å². The molecule has 0 heterocycles. The monoisotopic (exact) mass is 286 g/mol. The van der Waals surface area contributed by atoms with E-state index in [1.807, 2.05) is 0 Å². The van der Waals surface area contributed by atoms with Gasteiger partial charge in [-0.3, -0.25) is 0 Å². The van der Waals surface area contributed by atoms with Gasteiger partial charge >= 0.3 is 0 Å². The third-order valence-corrected chi connectivity index (χ3v) is 3.68. The summed E-state index contributed by atoms with van der Waals surface area (Å²) >= 11 is 4.72. The van der Waals surface area contributed by atoms with Gasteiger partial charge in [-0.25, -0.2) is 8.78 Å². The normalized spacial score (nSPS) is 15.1. The first-order valence-corrected chi connectivity index (χ1v) is 6.61. The summed E-state index contributed by atoms with van der Waals surface area (Å²) in [6.07, 6.45) is 2.81. The van der Waals surface area contributed by atoms with E-state index in [1.54, 1.807) is 4.90 Å². The Morgan fingerprint density at radius 2 is 1.95 bits per heavy atom.